The molecule has 4 N–H and O–H groups in total. The second-order valence-corrected chi connectivity index (χ2v) is 10.4. The van der Waals surface area contributed by atoms with E-state index in [4.69, 9.17) is 10.9 Å². The number of carbonyl (C=O) groups excluding carboxylic acids is 2. The average molecular weight is 461 g/mol. The molecule has 5 atom stereocenters. The number of piperazine rings is 1. The summed E-state index contributed by atoms with van der Waals surface area (Å²) >= 11 is 0. The number of hydrogen-bond acceptors (Lipinski definition) is 7. The minimum atomic E-state index is -3.77. The number of primary sulfonamides is 1. The number of nitrogens with zero attached hydrogens (tertiary/aromatic N) is 4. The average Bonchev–Trinajstić information content (AvgIpc) is 3.46. The first-order chi connectivity index (χ1) is 15.1. The van der Waals surface area contributed by atoms with Gasteiger partial charge in [0, 0.05) is 25.7 Å². The lowest BCUT2D eigenvalue weighted by atomic mass is 10.1. The highest BCUT2D eigenvalue weighted by Crippen LogP contribution is 2.38. The largest absolute Gasteiger partial charge is 0.330 e. The van der Waals surface area contributed by atoms with Gasteiger partial charge < -0.3 is 15.5 Å². The highest BCUT2D eigenvalue weighted by Gasteiger charge is 2.51. The van der Waals surface area contributed by atoms with Crippen molar-refractivity contribution in [3.63, 3.8) is 0 Å². The van der Waals surface area contributed by atoms with E-state index in [0.29, 0.717) is 25.9 Å². The van der Waals surface area contributed by atoms with Gasteiger partial charge in [0.15, 0.2) is 0 Å². The van der Waals surface area contributed by atoms with E-state index >= 15 is 0 Å². The van der Waals surface area contributed by atoms with Crippen LogP contribution in [0.25, 0.3) is 0 Å². The summed E-state index contributed by atoms with van der Waals surface area (Å²) in [5, 5.41) is 14.4. The number of rotatable bonds is 6. The minimum Gasteiger partial charge on any atom is -0.330 e. The van der Waals surface area contributed by atoms with Gasteiger partial charge in [-0.25, -0.2) is 13.6 Å². The van der Waals surface area contributed by atoms with Gasteiger partial charge in [-0.2, -0.15) is 5.26 Å². The summed E-state index contributed by atoms with van der Waals surface area (Å²) in [6.45, 7) is 3.37. The Labute approximate surface area is 187 Å². The first kappa shape index (κ1) is 22.7. The molecule has 172 valence electrons. The molecule has 1 unspecified atom stereocenters. The third-order valence-electron chi connectivity index (χ3n) is 6.86. The van der Waals surface area contributed by atoms with Crippen molar-refractivity contribution in [1.29, 1.82) is 5.26 Å². The quantitative estimate of drug-likeness (QED) is 0.581. The number of nitriles is 1. The van der Waals surface area contributed by atoms with Gasteiger partial charge in [-0.05, 0) is 43.9 Å². The smallest absolute Gasteiger partial charge is 0.241 e. The molecule has 3 aliphatic rings. The van der Waals surface area contributed by atoms with Crippen LogP contribution in [0.2, 0.25) is 0 Å². The standard InChI is InChI=1S/C21H28N6O4S/c1-13(14-4-6-17(7-5-14)32(24,30)31)27-16-9-19(21(27)29)25(11-16)12-18(23)20(28)26-8-2-3-15(26)10-22/h4-7,13,15-16,18-19H,2-3,8-9,11-12,23H2,1H3,(H2,24,30,31)/t13-,15-,16?,18-,19-/m0/s1. The lowest BCUT2D eigenvalue weighted by Gasteiger charge is -2.38. The molecular formula is C21H28N6O4S. The summed E-state index contributed by atoms with van der Waals surface area (Å²) in [4.78, 5) is 31.2. The van der Waals surface area contributed by atoms with Crippen molar-refractivity contribution in [2.75, 3.05) is 19.6 Å². The second-order valence-electron chi connectivity index (χ2n) is 8.82. The second kappa shape index (κ2) is 8.44. The third kappa shape index (κ3) is 3.99. The van der Waals surface area contributed by atoms with Crippen LogP contribution >= 0.6 is 0 Å². The van der Waals surface area contributed by atoms with E-state index in [2.05, 4.69) is 6.07 Å². The molecular weight excluding hydrogens is 432 g/mol. The van der Waals surface area contributed by atoms with Crippen LogP contribution in [-0.4, -0.2) is 78.7 Å². The van der Waals surface area contributed by atoms with E-state index in [1.165, 1.54) is 12.1 Å². The fourth-order valence-corrected chi connectivity index (χ4v) is 5.72. The van der Waals surface area contributed by atoms with E-state index in [1.807, 2.05) is 16.7 Å². The fraction of sp³-hybridized carbons (Fsp3) is 0.571. The van der Waals surface area contributed by atoms with Crippen molar-refractivity contribution < 1.29 is 18.0 Å². The Balaban J connectivity index is 1.40. The lowest BCUT2D eigenvalue weighted by Crippen LogP contribution is -2.56. The summed E-state index contributed by atoms with van der Waals surface area (Å²) in [7, 11) is -3.77. The topological polar surface area (TPSA) is 154 Å². The van der Waals surface area contributed by atoms with Crippen LogP contribution in [-0.2, 0) is 19.6 Å². The number of likely N-dealkylation sites (tertiary alicyclic amines) is 3. The number of fused-ring (bicyclic) bond motifs is 2. The van der Waals surface area contributed by atoms with E-state index in [9.17, 15) is 23.3 Å². The number of carbonyl (C=O) groups is 2. The lowest BCUT2D eigenvalue weighted by molar-refractivity contribution is -0.140. The monoisotopic (exact) mass is 460 g/mol. The van der Waals surface area contributed by atoms with E-state index in [-0.39, 0.29) is 41.4 Å². The van der Waals surface area contributed by atoms with Gasteiger partial charge >= 0.3 is 0 Å². The highest BCUT2D eigenvalue weighted by molar-refractivity contribution is 7.89. The van der Waals surface area contributed by atoms with Crippen molar-refractivity contribution in [2.24, 2.45) is 10.9 Å². The van der Waals surface area contributed by atoms with E-state index in [0.717, 1.165) is 12.0 Å². The van der Waals surface area contributed by atoms with E-state index in [1.54, 1.807) is 17.0 Å². The molecule has 11 heteroatoms. The van der Waals surface area contributed by atoms with Crippen LogP contribution in [0.1, 0.15) is 37.8 Å². The minimum absolute atomic E-state index is 0.00126. The van der Waals surface area contributed by atoms with Crippen molar-refractivity contribution in [3.8, 4) is 6.07 Å². The predicted octanol–water partition coefficient (Wildman–Crippen LogP) is -0.478. The van der Waals surface area contributed by atoms with Gasteiger partial charge in [0.1, 0.15) is 6.04 Å². The number of nitrogens with two attached hydrogens (primary N) is 2. The van der Waals surface area contributed by atoms with Crippen LogP contribution in [0.4, 0.5) is 0 Å². The van der Waals surface area contributed by atoms with Crippen LogP contribution in [0.3, 0.4) is 0 Å². The Morgan fingerprint density at radius 2 is 2.00 bits per heavy atom. The molecule has 0 spiro atoms. The molecule has 3 fully saturated rings. The zero-order valence-electron chi connectivity index (χ0n) is 17.9. The first-order valence-corrected chi connectivity index (χ1v) is 12.3. The maximum atomic E-state index is 13.1. The van der Waals surface area contributed by atoms with Gasteiger partial charge in [-0.3, -0.25) is 14.5 Å². The summed E-state index contributed by atoms with van der Waals surface area (Å²) in [5.74, 6) is -0.246. The van der Waals surface area contributed by atoms with Gasteiger partial charge in [0.2, 0.25) is 21.8 Å². The van der Waals surface area contributed by atoms with Crippen molar-refractivity contribution in [2.45, 2.75) is 61.3 Å². The molecule has 1 aromatic rings. The Hall–Kier alpha value is -2.52. The summed E-state index contributed by atoms with van der Waals surface area (Å²) in [5.41, 5.74) is 7.01. The normalized spacial score (nSPS) is 27.6. The van der Waals surface area contributed by atoms with Gasteiger partial charge in [0.05, 0.1) is 29.1 Å². The molecule has 32 heavy (non-hydrogen) atoms. The Morgan fingerprint density at radius 3 is 2.59 bits per heavy atom. The Kier molecular flexibility index (Phi) is 5.98. The zero-order chi connectivity index (χ0) is 23.2. The first-order valence-electron chi connectivity index (χ1n) is 10.8. The third-order valence-corrected chi connectivity index (χ3v) is 7.79. The summed E-state index contributed by atoms with van der Waals surface area (Å²) in [6, 6.07) is 6.69. The fourth-order valence-electron chi connectivity index (χ4n) is 5.20. The number of amides is 2. The maximum Gasteiger partial charge on any atom is 0.241 e. The molecule has 3 aliphatic heterocycles. The number of sulfonamides is 1. The molecule has 0 saturated carbocycles. The molecule has 0 aromatic heterocycles. The van der Waals surface area contributed by atoms with Crippen molar-refractivity contribution in [1.82, 2.24) is 14.7 Å². The maximum absolute atomic E-state index is 13.1. The number of benzene rings is 1. The van der Waals surface area contributed by atoms with E-state index < -0.39 is 22.1 Å². The van der Waals surface area contributed by atoms with Gasteiger partial charge in [0.25, 0.3) is 0 Å². The Bertz CT molecular complexity index is 1050. The zero-order valence-corrected chi connectivity index (χ0v) is 18.7. The van der Waals surface area contributed by atoms with Gasteiger partial charge in [-0.15, -0.1) is 0 Å². The molecule has 3 saturated heterocycles. The van der Waals surface area contributed by atoms with Crippen LogP contribution in [0.15, 0.2) is 29.2 Å². The van der Waals surface area contributed by atoms with Crippen LogP contribution in [0.5, 0.6) is 0 Å². The predicted molar refractivity (Wildman–Crippen MR) is 115 cm³/mol. The van der Waals surface area contributed by atoms with Crippen LogP contribution in [0, 0.1) is 11.3 Å². The van der Waals surface area contributed by atoms with Crippen molar-refractivity contribution in [3.05, 3.63) is 29.8 Å². The molecule has 4 rings (SSSR count). The molecule has 3 heterocycles. The van der Waals surface area contributed by atoms with Crippen molar-refractivity contribution >= 4 is 21.8 Å². The molecule has 0 radical (unpaired) electrons. The highest BCUT2D eigenvalue weighted by atomic mass is 32.2. The molecule has 0 aliphatic carbocycles. The SMILES string of the molecule is C[C@@H](c1ccc(S(N)(=O)=O)cc1)N1C(=O)[C@@H]2CC1CN2C[C@H](N)C(=O)N1CCC[C@H]1C#N. The van der Waals surface area contributed by atoms with Crippen LogP contribution < -0.4 is 10.9 Å². The van der Waals surface area contributed by atoms with Gasteiger partial charge in [-0.1, -0.05) is 12.1 Å². The molecule has 2 bridgehead atoms. The molecule has 1 aromatic carbocycles. The Morgan fingerprint density at radius 1 is 1.31 bits per heavy atom. The molecule has 2 amide bonds. The molecule has 10 nitrogen and oxygen atoms in total. The summed E-state index contributed by atoms with van der Waals surface area (Å²) < 4.78 is 22.9. The number of hydrogen-bond donors (Lipinski definition) is 2. The summed E-state index contributed by atoms with van der Waals surface area (Å²) in [6.07, 6.45) is 2.14.